The lowest BCUT2D eigenvalue weighted by Crippen LogP contribution is -2.24. The third-order valence-corrected chi connectivity index (χ3v) is 3.56. The molecule has 19 heavy (non-hydrogen) atoms. The molecule has 1 heterocycles. The smallest absolute Gasteiger partial charge is 0.226 e. The van der Waals surface area contributed by atoms with Gasteiger partial charge < -0.3 is 4.90 Å². The van der Waals surface area contributed by atoms with Gasteiger partial charge in [0.25, 0.3) is 0 Å². The monoisotopic (exact) mass is 255 g/mol. The number of hydrogen-bond donors (Lipinski definition) is 0. The number of benzene rings is 1. The quantitative estimate of drug-likeness (QED) is 0.728. The standard InChI is InChI=1S/C17H21NO/c1-3-9-16(18-13-8-12-17(18)19)15(4-2)14-10-6-5-7-11-14/h3,5-7,10-11H,1,4,8-9,12-13H2,2H3/b16-15-. The van der Waals surface area contributed by atoms with E-state index in [1.54, 1.807) is 0 Å². The maximum Gasteiger partial charge on any atom is 0.226 e. The fourth-order valence-corrected chi connectivity index (χ4v) is 2.68. The topological polar surface area (TPSA) is 20.3 Å². The van der Waals surface area contributed by atoms with Gasteiger partial charge in [0, 0.05) is 25.1 Å². The number of nitrogens with zero attached hydrogens (tertiary/aromatic N) is 1. The Bertz CT molecular complexity index is 487. The summed E-state index contributed by atoms with van der Waals surface area (Å²) in [6.45, 7) is 6.83. The first-order chi connectivity index (χ1) is 9.27. The minimum atomic E-state index is 0.249. The lowest BCUT2D eigenvalue weighted by atomic mass is 9.99. The third kappa shape index (κ3) is 2.95. The fourth-order valence-electron chi connectivity index (χ4n) is 2.68. The van der Waals surface area contributed by atoms with Crippen LogP contribution < -0.4 is 0 Å². The van der Waals surface area contributed by atoms with E-state index in [-0.39, 0.29) is 5.91 Å². The molecule has 0 N–H and O–H groups in total. The zero-order valence-corrected chi connectivity index (χ0v) is 11.6. The molecule has 0 bridgehead atoms. The zero-order chi connectivity index (χ0) is 13.7. The van der Waals surface area contributed by atoms with Crippen LogP contribution in [0.2, 0.25) is 0 Å². The number of carbonyl (C=O) groups excluding carboxylic acids is 1. The Morgan fingerprint density at radius 2 is 2.11 bits per heavy atom. The highest BCUT2D eigenvalue weighted by Gasteiger charge is 2.25. The summed E-state index contributed by atoms with van der Waals surface area (Å²) >= 11 is 0. The van der Waals surface area contributed by atoms with Crippen molar-refractivity contribution in [3.63, 3.8) is 0 Å². The molecule has 0 saturated carbocycles. The van der Waals surface area contributed by atoms with Gasteiger partial charge in [-0.05, 0) is 24.0 Å². The van der Waals surface area contributed by atoms with Crippen LogP contribution in [0.5, 0.6) is 0 Å². The van der Waals surface area contributed by atoms with E-state index in [1.807, 2.05) is 29.2 Å². The van der Waals surface area contributed by atoms with Crippen LogP contribution in [0.3, 0.4) is 0 Å². The molecule has 100 valence electrons. The molecule has 2 nitrogen and oxygen atoms in total. The van der Waals surface area contributed by atoms with E-state index in [4.69, 9.17) is 0 Å². The molecule has 2 rings (SSSR count). The van der Waals surface area contributed by atoms with Crippen molar-refractivity contribution < 1.29 is 4.79 Å². The molecule has 2 heteroatoms. The van der Waals surface area contributed by atoms with Gasteiger partial charge in [0.1, 0.15) is 0 Å². The Hall–Kier alpha value is -1.83. The van der Waals surface area contributed by atoms with E-state index >= 15 is 0 Å². The number of amides is 1. The van der Waals surface area contributed by atoms with Gasteiger partial charge in [0.05, 0.1) is 0 Å². The van der Waals surface area contributed by atoms with Gasteiger partial charge in [-0.25, -0.2) is 0 Å². The highest BCUT2D eigenvalue weighted by atomic mass is 16.2. The average Bonchev–Trinajstić information content (AvgIpc) is 2.86. The molecule has 0 atom stereocenters. The molecule has 0 radical (unpaired) electrons. The van der Waals surface area contributed by atoms with E-state index in [0.717, 1.165) is 31.5 Å². The zero-order valence-electron chi connectivity index (χ0n) is 11.6. The summed E-state index contributed by atoms with van der Waals surface area (Å²) in [6.07, 6.45) is 5.21. The van der Waals surface area contributed by atoms with E-state index in [9.17, 15) is 4.79 Å². The minimum absolute atomic E-state index is 0.249. The molecule has 0 aliphatic carbocycles. The largest absolute Gasteiger partial charge is 0.316 e. The van der Waals surface area contributed by atoms with Crippen LogP contribution in [-0.2, 0) is 4.79 Å². The van der Waals surface area contributed by atoms with Crippen molar-refractivity contribution in [3.05, 3.63) is 54.2 Å². The van der Waals surface area contributed by atoms with Gasteiger partial charge in [-0.3, -0.25) is 4.79 Å². The first kappa shape index (κ1) is 13.6. The van der Waals surface area contributed by atoms with Crippen LogP contribution >= 0.6 is 0 Å². The summed E-state index contributed by atoms with van der Waals surface area (Å²) in [5.41, 5.74) is 3.60. The molecular weight excluding hydrogens is 234 g/mol. The van der Waals surface area contributed by atoms with Crippen LogP contribution in [0.15, 0.2) is 48.7 Å². The van der Waals surface area contributed by atoms with Crippen LogP contribution in [0, 0.1) is 0 Å². The number of likely N-dealkylation sites (tertiary alicyclic amines) is 1. The van der Waals surface area contributed by atoms with Crippen molar-refractivity contribution in [2.45, 2.75) is 32.6 Å². The summed E-state index contributed by atoms with van der Waals surface area (Å²) in [5, 5.41) is 0. The molecule has 0 spiro atoms. The molecule has 1 aromatic carbocycles. The SMILES string of the molecule is C=CC/C(=C(\CC)c1ccccc1)N1CCCC1=O. The maximum atomic E-state index is 12.0. The molecule has 0 aromatic heterocycles. The Kier molecular flexibility index (Phi) is 4.56. The molecule has 1 aromatic rings. The fraction of sp³-hybridized carbons (Fsp3) is 0.353. The predicted octanol–water partition coefficient (Wildman–Crippen LogP) is 4.01. The lowest BCUT2D eigenvalue weighted by molar-refractivity contribution is -0.126. The maximum absolute atomic E-state index is 12.0. The van der Waals surface area contributed by atoms with Crippen molar-refractivity contribution in [1.82, 2.24) is 4.90 Å². The number of carbonyl (C=O) groups is 1. The summed E-state index contributed by atoms with van der Waals surface area (Å²) in [7, 11) is 0. The van der Waals surface area contributed by atoms with Gasteiger partial charge in [0.15, 0.2) is 0 Å². The highest BCUT2D eigenvalue weighted by molar-refractivity contribution is 5.83. The van der Waals surface area contributed by atoms with Gasteiger partial charge in [-0.15, -0.1) is 6.58 Å². The summed E-state index contributed by atoms with van der Waals surface area (Å²) in [4.78, 5) is 14.0. The summed E-state index contributed by atoms with van der Waals surface area (Å²) in [6, 6.07) is 10.3. The van der Waals surface area contributed by atoms with Crippen LogP contribution in [-0.4, -0.2) is 17.4 Å². The van der Waals surface area contributed by atoms with E-state index in [1.165, 1.54) is 11.1 Å². The second-order valence-corrected chi connectivity index (χ2v) is 4.79. The lowest BCUT2D eigenvalue weighted by Gasteiger charge is -2.23. The molecule has 1 fully saturated rings. The van der Waals surface area contributed by atoms with Crippen molar-refractivity contribution in [2.24, 2.45) is 0 Å². The summed E-state index contributed by atoms with van der Waals surface area (Å²) in [5.74, 6) is 0.249. The predicted molar refractivity (Wildman–Crippen MR) is 79.4 cm³/mol. The Labute approximate surface area is 115 Å². The minimum Gasteiger partial charge on any atom is -0.316 e. The molecule has 1 amide bonds. The molecular formula is C17H21NO. The van der Waals surface area contributed by atoms with E-state index in [2.05, 4.69) is 25.6 Å². The third-order valence-electron chi connectivity index (χ3n) is 3.56. The second-order valence-electron chi connectivity index (χ2n) is 4.79. The number of allylic oxidation sites excluding steroid dienone is 2. The number of hydrogen-bond acceptors (Lipinski definition) is 1. The first-order valence-corrected chi connectivity index (χ1v) is 6.96. The summed E-state index contributed by atoms with van der Waals surface area (Å²) < 4.78 is 0. The Balaban J connectivity index is 2.45. The van der Waals surface area contributed by atoms with Crippen LogP contribution in [0.25, 0.3) is 5.57 Å². The van der Waals surface area contributed by atoms with Gasteiger partial charge in [-0.2, -0.15) is 0 Å². The Morgan fingerprint density at radius 3 is 2.63 bits per heavy atom. The molecule has 1 aliphatic heterocycles. The molecule has 1 saturated heterocycles. The first-order valence-electron chi connectivity index (χ1n) is 6.96. The van der Waals surface area contributed by atoms with Crippen LogP contribution in [0.1, 0.15) is 38.2 Å². The van der Waals surface area contributed by atoms with Gasteiger partial charge >= 0.3 is 0 Å². The Morgan fingerprint density at radius 1 is 1.37 bits per heavy atom. The van der Waals surface area contributed by atoms with E-state index in [0.29, 0.717) is 6.42 Å². The van der Waals surface area contributed by atoms with Gasteiger partial charge in [0.2, 0.25) is 5.91 Å². The van der Waals surface area contributed by atoms with Gasteiger partial charge in [-0.1, -0.05) is 43.3 Å². The van der Waals surface area contributed by atoms with Crippen LogP contribution in [0.4, 0.5) is 0 Å². The van der Waals surface area contributed by atoms with Crippen molar-refractivity contribution in [2.75, 3.05) is 6.54 Å². The van der Waals surface area contributed by atoms with Crippen molar-refractivity contribution >= 4 is 11.5 Å². The average molecular weight is 255 g/mol. The van der Waals surface area contributed by atoms with Crippen molar-refractivity contribution in [3.8, 4) is 0 Å². The van der Waals surface area contributed by atoms with E-state index < -0.39 is 0 Å². The molecule has 0 unspecified atom stereocenters. The normalized spacial score (nSPS) is 16.5. The second kappa shape index (κ2) is 6.37. The number of rotatable bonds is 5. The molecule has 1 aliphatic rings. The highest BCUT2D eigenvalue weighted by Crippen LogP contribution is 2.29. The van der Waals surface area contributed by atoms with Crippen molar-refractivity contribution in [1.29, 1.82) is 0 Å².